The minimum atomic E-state index is 0.787. The van der Waals surface area contributed by atoms with Crippen LogP contribution in [0.2, 0.25) is 0 Å². The maximum absolute atomic E-state index is 4.42. The van der Waals surface area contributed by atoms with Gasteiger partial charge >= 0.3 is 0 Å². The van der Waals surface area contributed by atoms with Crippen molar-refractivity contribution >= 4 is 5.95 Å². The molecule has 0 radical (unpaired) electrons. The molecule has 1 aliphatic heterocycles. The van der Waals surface area contributed by atoms with Crippen LogP contribution in [0.3, 0.4) is 0 Å². The standard InChI is InChI=1S/C13H13N7/c1-5-14-13-18-17-12(19(13)7-1)10-3-4-11(15-9-10)20-8-2-6-16-20/h2-4,6,8-9H,1,5,7H2,(H,14,18). The highest BCUT2D eigenvalue weighted by atomic mass is 15.4. The second-order valence-corrected chi connectivity index (χ2v) is 4.63. The number of anilines is 1. The first-order valence-corrected chi connectivity index (χ1v) is 6.55. The predicted molar refractivity (Wildman–Crippen MR) is 73.5 cm³/mol. The fourth-order valence-electron chi connectivity index (χ4n) is 2.35. The van der Waals surface area contributed by atoms with Crippen molar-refractivity contribution in [1.82, 2.24) is 29.5 Å². The number of nitrogens with one attached hydrogen (secondary N) is 1. The van der Waals surface area contributed by atoms with Gasteiger partial charge in [-0.05, 0) is 24.6 Å². The molecule has 3 aromatic rings. The Morgan fingerprint density at radius 1 is 1.20 bits per heavy atom. The van der Waals surface area contributed by atoms with Crippen LogP contribution in [0.15, 0.2) is 36.8 Å². The molecule has 0 aliphatic carbocycles. The van der Waals surface area contributed by atoms with Gasteiger partial charge in [0, 0.05) is 37.2 Å². The van der Waals surface area contributed by atoms with Crippen molar-refractivity contribution < 1.29 is 0 Å². The normalized spacial score (nSPS) is 13.8. The van der Waals surface area contributed by atoms with Crippen LogP contribution in [0, 0.1) is 0 Å². The Balaban J connectivity index is 1.71. The fraction of sp³-hybridized carbons (Fsp3) is 0.231. The van der Waals surface area contributed by atoms with Crippen molar-refractivity contribution in [3.05, 3.63) is 36.8 Å². The lowest BCUT2D eigenvalue weighted by Crippen LogP contribution is -2.17. The summed E-state index contributed by atoms with van der Waals surface area (Å²) >= 11 is 0. The largest absolute Gasteiger partial charge is 0.354 e. The van der Waals surface area contributed by atoms with Crippen LogP contribution in [0.25, 0.3) is 17.2 Å². The van der Waals surface area contributed by atoms with Gasteiger partial charge in [0.15, 0.2) is 11.6 Å². The summed E-state index contributed by atoms with van der Waals surface area (Å²) in [5.74, 6) is 2.48. The molecule has 1 aliphatic rings. The highest BCUT2D eigenvalue weighted by Crippen LogP contribution is 2.22. The maximum atomic E-state index is 4.42. The Kier molecular flexibility index (Phi) is 2.48. The van der Waals surface area contributed by atoms with Gasteiger partial charge in [-0.2, -0.15) is 5.10 Å². The molecule has 0 fully saturated rings. The molecular weight excluding hydrogens is 254 g/mol. The number of fused-ring (bicyclic) bond motifs is 1. The molecule has 7 heteroatoms. The van der Waals surface area contributed by atoms with Gasteiger partial charge in [0.1, 0.15) is 0 Å². The average Bonchev–Trinajstić information content (AvgIpc) is 3.17. The molecule has 4 heterocycles. The molecule has 100 valence electrons. The molecule has 7 nitrogen and oxygen atoms in total. The van der Waals surface area contributed by atoms with E-state index in [1.54, 1.807) is 10.9 Å². The lowest BCUT2D eigenvalue weighted by molar-refractivity contribution is 0.631. The van der Waals surface area contributed by atoms with E-state index >= 15 is 0 Å². The first-order chi connectivity index (χ1) is 9.92. The molecule has 0 bridgehead atoms. The fourth-order valence-corrected chi connectivity index (χ4v) is 2.35. The van der Waals surface area contributed by atoms with E-state index in [2.05, 4.69) is 30.2 Å². The van der Waals surface area contributed by atoms with Crippen LogP contribution in [-0.2, 0) is 6.54 Å². The minimum absolute atomic E-state index is 0.787. The van der Waals surface area contributed by atoms with E-state index in [4.69, 9.17) is 0 Å². The summed E-state index contributed by atoms with van der Waals surface area (Å²) < 4.78 is 3.82. The van der Waals surface area contributed by atoms with Crippen LogP contribution in [0.4, 0.5) is 5.95 Å². The van der Waals surface area contributed by atoms with Gasteiger partial charge in [-0.3, -0.25) is 4.57 Å². The molecule has 20 heavy (non-hydrogen) atoms. The van der Waals surface area contributed by atoms with Gasteiger partial charge in [-0.1, -0.05) is 0 Å². The smallest absolute Gasteiger partial charge is 0.224 e. The number of aromatic nitrogens is 6. The Hall–Kier alpha value is -2.70. The summed E-state index contributed by atoms with van der Waals surface area (Å²) in [6.45, 7) is 1.89. The zero-order valence-corrected chi connectivity index (χ0v) is 10.8. The first kappa shape index (κ1) is 11.2. The van der Waals surface area contributed by atoms with E-state index in [9.17, 15) is 0 Å². The summed E-state index contributed by atoms with van der Waals surface area (Å²) in [7, 11) is 0. The predicted octanol–water partition coefficient (Wildman–Crippen LogP) is 1.34. The van der Waals surface area contributed by atoms with Gasteiger partial charge in [-0.25, -0.2) is 9.67 Å². The molecule has 0 saturated heterocycles. The monoisotopic (exact) mass is 267 g/mol. The zero-order valence-electron chi connectivity index (χ0n) is 10.8. The molecule has 0 saturated carbocycles. The van der Waals surface area contributed by atoms with Crippen molar-refractivity contribution in [3.8, 4) is 17.2 Å². The molecule has 1 N–H and O–H groups in total. The van der Waals surface area contributed by atoms with Gasteiger partial charge in [0.2, 0.25) is 5.95 Å². The minimum Gasteiger partial charge on any atom is -0.354 e. The van der Waals surface area contributed by atoms with E-state index in [0.717, 1.165) is 42.7 Å². The summed E-state index contributed by atoms with van der Waals surface area (Å²) in [4.78, 5) is 4.42. The lowest BCUT2D eigenvalue weighted by atomic mass is 10.2. The van der Waals surface area contributed by atoms with Crippen molar-refractivity contribution in [1.29, 1.82) is 0 Å². The summed E-state index contributed by atoms with van der Waals surface area (Å²) in [6.07, 6.45) is 6.49. The van der Waals surface area contributed by atoms with Crippen molar-refractivity contribution in [3.63, 3.8) is 0 Å². The number of hydrogen-bond donors (Lipinski definition) is 1. The third kappa shape index (κ3) is 1.75. The highest BCUT2D eigenvalue weighted by molar-refractivity contribution is 5.57. The van der Waals surface area contributed by atoms with Crippen molar-refractivity contribution in [2.45, 2.75) is 13.0 Å². The molecule has 3 aromatic heterocycles. The molecule has 0 aromatic carbocycles. The Bertz CT molecular complexity index is 712. The lowest BCUT2D eigenvalue weighted by Gasteiger charge is -2.16. The molecular formula is C13H13N7. The van der Waals surface area contributed by atoms with Crippen molar-refractivity contribution in [2.24, 2.45) is 0 Å². The first-order valence-electron chi connectivity index (χ1n) is 6.55. The summed E-state index contributed by atoms with van der Waals surface area (Å²) in [5, 5.41) is 15.8. The quantitative estimate of drug-likeness (QED) is 0.758. The van der Waals surface area contributed by atoms with Crippen LogP contribution >= 0.6 is 0 Å². The number of rotatable bonds is 2. The van der Waals surface area contributed by atoms with Gasteiger partial charge in [-0.15, -0.1) is 10.2 Å². The van der Waals surface area contributed by atoms with Crippen LogP contribution in [0.1, 0.15) is 6.42 Å². The number of pyridine rings is 1. The molecule has 0 atom stereocenters. The van der Waals surface area contributed by atoms with E-state index < -0.39 is 0 Å². The number of hydrogen-bond acceptors (Lipinski definition) is 5. The Labute approximate surface area is 115 Å². The SMILES string of the molecule is c1cnn(-c2ccc(-c3nnc4n3CCCN4)cn2)c1. The highest BCUT2D eigenvalue weighted by Gasteiger charge is 2.16. The molecule has 0 spiro atoms. The molecule has 4 rings (SSSR count). The van der Waals surface area contributed by atoms with E-state index in [1.165, 1.54) is 0 Å². The Morgan fingerprint density at radius 3 is 3.00 bits per heavy atom. The Morgan fingerprint density at radius 2 is 2.20 bits per heavy atom. The van der Waals surface area contributed by atoms with Crippen LogP contribution < -0.4 is 5.32 Å². The average molecular weight is 267 g/mol. The summed E-state index contributed by atoms with van der Waals surface area (Å²) in [5.41, 5.74) is 0.961. The second-order valence-electron chi connectivity index (χ2n) is 4.63. The third-order valence-electron chi connectivity index (χ3n) is 3.34. The van der Waals surface area contributed by atoms with Gasteiger partial charge in [0.05, 0.1) is 0 Å². The van der Waals surface area contributed by atoms with Crippen molar-refractivity contribution in [2.75, 3.05) is 11.9 Å². The van der Waals surface area contributed by atoms with Crippen LogP contribution in [-0.4, -0.2) is 36.1 Å². The second kappa shape index (κ2) is 4.44. The molecule has 0 unspecified atom stereocenters. The van der Waals surface area contributed by atoms with Gasteiger partial charge in [0.25, 0.3) is 0 Å². The zero-order chi connectivity index (χ0) is 13.4. The molecule has 0 amide bonds. The number of nitrogens with zero attached hydrogens (tertiary/aromatic N) is 6. The van der Waals surface area contributed by atoms with E-state index in [-0.39, 0.29) is 0 Å². The van der Waals surface area contributed by atoms with E-state index in [0.29, 0.717) is 0 Å². The summed E-state index contributed by atoms with van der Waals surface area (Å²) in [6, 6.07) is 5.80. The topological polar surface area (TPSA) is 73.5 Å². The van der Waals surface area contributed by atoms with Gasteiger partial charge < -0.3 is 5.32 Å². The van der Waals surface area contributed by atoms with E-state index in [1.807, 2.05) is 30.6 Å². The van der Waals surface area contributed by atoms with Crippen LogP contribution in [0.5, 0.6) is 0 Å². The third-order valence-corrected chi connectivity index (χ3v) is 3.34. The maximum Gasteiger partial charge on any atom is 0.224 e.